The molecule has 92 valence electrons. The Kier molecular flexibility index (Phi) is 3.66. The van der Waals surface area contributed by atoms with E-state index in [9.17, 15) is 23.7 Å². The fourth-order valence-electron chi connectivity index (χ4n) is 1.30. The number of nitro groups is 1. The molecule has 0 saturated heterocycles. The minimum absolute atomic E-state index is 0.0494. The maximum atomic E-state index is 12.5. The second-order valence-corrected chi connectivity index (χ2v) is 3.27. The Morgan fingerprint density at radius 1 is 1.65 bits per heavy atom. The summed E-state index contributed by atoms with van der Waals surface area (Å²) in [5, 5.41) is 19.1. The first kappa shape index (κ1) is 12.9. The molecule has 1 N–H and O–H groups in total. The average molecular weight is 246 g/mol. The van der Waals surface area contributed by atoms with E-state index in [0.29, 0.717) is 0 Å². The normalized spacial score (nSPS) is 10.6. The van der Waals surface area contributed by atoms with Crippen molar-refractivity contribution >= 4 is 11.7 Å². The van der Waals surface area contributed by atoms with Crippen LogP contribution in [0.25, 0.3) is 0 Å². The molecule has 0 atom stereocenters. The summed E-state index contributed by atoms with van der Waals surface area (Å²) in [6, 6.07) is 0.831. The van der Waals surface area contributed by atoms with E-state index in [1.54, 1.807) is 0 Å². The van der Waals surface area contributed by atoms with Crippen LogP contribution in [0.5, 0.6) is 0 Å². The molecule has 0 fully saturated rings. The first-order chi connectivity index (χ1) is 7.82. The lowest BCUT2D eigenvalue weighted by atomic mass is 10.1. The van der Waals surface area contributed by atoms with Gasteiger partial charge in [0.15, 0.2) is 5.69 Å². The van der Waals surface area contributed by atoms with Gasteiger partial charge >= 0.3 is 5.97 Å². The van der Waals surface area contributed by atoms with Gasteiger partial charge in [0.05, 0.1) is 11.3 Å². The van der Waals surface area contributed by atoms with Gasteiger partial charge in [-0.1, -0.05) is 0 Å². The number of alkyl halides is 2. The van der Waals surface area contributed by atoms with E-state index in [1.165, 1.54) is 6.92 Å². The summed E-state index contributed by atoms with van der Waals surface area (Å²) in [4.78, 5) is 23.4. The molecule has 1 aromatic heterocycles. The number of aromatic nitrogens is 1. The van der Waals surface area contributed by atoms with Crippen LogP contribution in [0.2, 0.25) is 0 Å². The molecule has 0 bridgehead atoms. The lowest BCUT2D eigenvalue weighted by molar-refractivity contribution is -0.386. The predicted molar refractivity (Wildman–Crippen MR) is 51.9 cm³/mol. The van der Waals surface area contributed by atoms with Crippen LogP contribution in [0.3, 0.4) is 0 Å². The largest absolute Gasteiger partial charge is 0.481 e. The van der Waals surface area contributed by atoms with E-state index in [2.05, 4.69) is 4.98 Å². The Hall–Kier alpha value is -2.12. The number of carbonyl (C=O) groups is 1. The van der Waals surface area contributed by atoms with Gasteiger partial charge < -0.3 is 5.11 Å². The number of hydrogen-bond donors (Lipinski definition) is 1. The van der Waals surface area contributed by atoms with Gasteiger partial charge in [0.2, 0.25) is 0 Å². The third kappa shape index (κ3) is 2.92. The third-order valence-corrected chi connectivity index (χ3v) is 2.07. The monoisotopic (exact) mass is 246 g/mol. The lowest BCUT2D eigenvalue weighted by Gasteiger charge is -2.06. The van der Waals surface area contributed by atoms with Crippen LogP contribution in [-0.4, -0.2) is 21.0 Å². The summed E-state index contributed by atoms with van der Waals surface area (Å²) in [7, 11) is 0. The summed E-state index contributed by atoms with van der Waals surface area (Å²) in [5.74, 6) is -1.21. The fraction of sp³-hybridized carbons (Fsp3) is 0.333. The molecular formula is C9H8F2N2O4. The number of halogens is 2. The molecule has 0 aliphatic carbocycles. The van der Waals surface area contributed by atoms with Crippen molar-refractivity contribution in [2.45, 2.75) is 19.8 Å². The van der Waals surface area contributed by atoms with Gasteiger partial charge in [0.1, 0.15) is 0 Å². The first-order valence-electron chi connectivity index (χ1n) is 4.47. The highest BCUT2D eigenvalue weighted by Gasteiger charge is 2.25. The summed E-state index contributed by atoms with van der Waals surface area (Å²) >= 11 is 0. The van der Waals surface area contributed by atoms with Crippen LogP contribution < -0.4 is 0 Å². The Morgan fingerprint density at radius 2 is 2.24 bits per heavy atom. The number of carboxylic acids is 1. The molecule has 0 aromatic carbocycles. The van der Waals surface area contributed by atoms with Gasteiger partial charge in [-0.2, -0.15) is 0 Å². The number of carboxylic acid groups (broad SMARTS) is 1. The Morgan fingerprint density at radius 3 is 2.65 bits per heavy atom. The Labute approximate surface area is 94.1 Å². The molecule has 8 heteroatoms. The van der Waals surface area contributed by atoms with Crippen LogP contribution in [-0.2, 0) is 11.2 Å². The number of aliphatic carboxylic acids is 1. The van der Waals surface area contributed by atoms with E-state index >= 15 is 0 Å². The summed E-state index contributed by atoms with van der Waals surface area (Å²) in [5.41, 5.74) is -1.70. The zero-order valence-electron chi connectivity index (χ0n) is 8.68. The molecular weight excluding hydrogens is 238 g/mol. The summed E-state index contributed by atoms with van der Waals surface area (Å²) in [6.45, 7) is 1.33. The predicted octanol–water partition coefficient (Wildman–Crippen LogP) is 1.86. The van der Waals surface area contributed by atoms with Crippen molar-refractivity contribution in [2.75, 3.05) is 0 Å². The zero-order valence-corrected chi connectivity index (χ0v) is 8.68. The second-order valence-electron chi connectivity index (χ2n) is 3.27. The molecule has 0 radical (unpaired) electrons. The molecule has 1 aromatic rings. The fourth-order valence-corrected chi connectivity index (χ4v) is 1.30. The Balaban J connectivity index is 3.34. The molecule has 17 heavy (non-hydrogen) atoms. The highest BCUT2D eigenvalue weighted by Crippen LogP contribution is 2.28. The van der Waals surface area contributed by atoms with Crippen LogP contribution in [0.1, 0.15) is 23.4 Å². The molecule has 1 rings (SSSR count). The van der Waals surface area contributed by atoms with Gasteiger partial charge in [0.25, 0.3) is 12.1 Å². The number of hydrogen-bond acceptors (Lipinski definition) is 4. The van der Waals surface area contributed by atoms with Crippen LogP contribution in [0.4, 0.5) is 14.5 Å². The van der Waals surface area contributed by atoms with E-state index < -0.39 is 35.1 Å². The first-order valence-corrected chi connectivity index (χ1v) is 4.47. The molecule has 6 nitrogen and oxygen atoms in total. The summed E-state index contributed by atoms with van der Waals surface area (Å²) in [6.07, 6.45) is -3.57. The SMILES string of the molecule is Cc1nc(C(F)F)c([N+](=O)[O-])cc1CC(=O)O. The van der Waals surface area contributed by atoms with Gasteiger partial charge in [0, 0.05) is 11.8 Å². The number of aryl methyl sites for hydroxylation is 1. The molecule has 0 saturated carbocycles. The third-order valence-electron chi connectivity index (χ3n) is 2.07. The van der Waals surface area contributed by atoms with Gasteiger partial charge in [-0.25, -0.2) is 13.8 Å². The minimum Gasteiger partial charge on any atom is -0.481 e. The van der Waals surface area contributed by atoms with Crippen LogP contribution in [0, 0.1) is 17.0 Å². The van der Waals surface area contributed by atoms with E-state index in [0.717, 1.165) is 6.07 Å². The molecule has 0 amide bonds. The molecule has 0 spiro atoms. The van der Waals surface area contributed by atoms with Crippen molar-refractivity contribution in [3.63, 3.8) is 0 Å². The molecule has 0 aliphatic heterocycles. The zero-order chi connectivity index (χ0) is 13.2. The van der Waals surface area contributed by atoms with Crippen LogP contribution >= 0.6 is 0 Å². The van der Waals surface area contributed by atoms with Crippen molar-refractivity contribution in [1.82, 2.24) is 4.98 Å². The van der Waals surface area contributed by atoms with Crippen molar-refractivity contribution in [3.05, 3.63) is 33.1 Å². The van der Waals surface area contributed by atoms with E-state index in [1.807, 2.05) is 0 Å². The minimum atomic E-state index is -3.08. The smallest absolute Gasteiger partial charge is 0.307 e. The molecule has 0 unspecified atom stereocenters. The van der Waals surface area contributed by atoms with Gasteiger partial charge in [-0.15, -0.1) is 0 Å². The number of pyridine rings is 1. The molecule has 1 heterocycles. The van der Waals surface area contributed by atoms with Crippen molar-refractivity contribution < 1.29 is 23.6 Å². The highest BCUT2D eigenvalue weighted by molar-refractivity contribution is 5.71. The lowest BCUT2D eigenvalue weighted by Crippen LogP contribution is -2.08. The van der Waals surface area contributed by atoms with E-state index in [4.69, 9.17) is 5.11 Å². The van der Waals surface area contributed by atoms with Crippen molar-refractivity contribution in [2.24, 2.45) is 0 Å². The quantitative estimate of drug-likeness (QED) is 0.646. The molecule has 0 aliphatic rings. The van der Waals surface area contributed by atoms with E-state index in [-0.39, 0.29) is 11.3 Å². The summed E-state index contributed by atoms with van der Waals surface area (Å²) < 4.78 is 25.0. The van der Waals surface area contributed by atoms with Crippen LogP contribution in [0.15, 0.2) is 6.07 Å². The topological polar surface area (TPSA) is 93.3 Å². The second kappa shape index (κ2) is 4.81. The van der Waals surface area contributed by atoms with Crippen molar-refractivity contribution in [3.8, 4) is 0 Å². The Bertz CT molecular complexity index is 476. The highest BCUT2D eigenvalue weighted by atomic mass is 19.3. The maximum Gasteiger partial charge on any atom is 0.307 e. The maximum absolute atomic E-state index is 12.5. The standard InChI is InChI=1S/C9H8F2N2O4/c1-4-5(3-7(14)15)2-6(13(16)17)8(12-4)9(10)11/h2,9H,3H2,1H3,(H,14,15). The van der Waals surface area contributed by atoms with Gasteiger partial charge in [-0.3, -0.25) is 14.9 Å². The average Bonchev–Trinajstić information content (AvgIpc) is 2.19. The van der Waals surface area contributed by atoms with Crippen molar-refractivity contribution in [1.29, 1.82) is 0 Å². The number of nitrogens with zero attached hydrogens (tertiary/aromatic N) is 2. The number of rotatable bonds is 4. The van der Waals surface area contributed by atoms with Gasteiger partial charge in [-0.05, 0) is 12.5 Å².